The average molecular weight is 250 g/mol. The molecule has 3 nitrogen and oxygen atoms in total. The maximum Gasteiger partial charge on any atom is 0.137 e. The van der Waals surface area contributed by atoms with Gasteiger partial charge in [-0.3, -0.25) is 0 Å². The van der Waals surface area contributed by atoms with Crippen molar-refractivity contribution in [3.8, 4) is 11.8 Å². The Bertz CT molecular complexity index is 598. The SMILES string of the molecule is Cc1nn(-c2cccc(F)c2)c(Cl)c1CC#N. The first-order chi connectivity index (χ1) is 8.13. The van der Waals surface area contributed by atoms with Crippen molar-refractivity contribution < 1.29 is 4.39 Å². The van der Waals surface area contributed by atoms with E-state index in [1.165, 1.54) is 16.8 Å². The summed E-state index contributed by atoms with van der Waals surface area (Å²) < 4.78 is 14.5. The van der Waals surface area contributed by atoms with Crippen molar-refractivity contribution in [1.82, 2.24) is 9.78 Å². The molecule has 1 aromatic carbocycles. The summed E-state index contributed by atoms with van der Waals surface area (Å²) in [6.07, 6.45) is 0.194. The highest BCUT2D eigenvalue weighted by Crippen LogP contribution is 2.23. The molecule has 17 heavy (non-hydrogen) atoms. The molecule has 1 aromatic heterocycles. The molecule has 0 amide bonds. The van der Waals surface area contributed by atoms with Gasteiger partial charge in [-0.25, -0.2) is 9.07 Å². The van der Waals surface area contributed by atoms with Crippen molar-refractivity contribution in [3.63, 3.8) is 0 Å². The predicted molar refractivity (Wildman–Crippen MR) is 62.6 cm³/mol. The second-order valence-corrected chi connectivity index (χ2v) is 3.94. The van der Waals surface area contributed by atoms with Gasteiger partial charge in [-0.1, -0.05) is 17.7 Å². The molecule has 0 atom stereocenters. The smallest absolute Gasteiger partial charge is 0.137 e. The Labute approximate surface area is 103 Å². The highest BCUT2D eigenvalue weighted by molar-refractivity contribution is 6.30. The quantitative estimate of drug-likeness (QED) is 0.821. The van der Waals surface area contributed by atoms with Crippen LogP contribution >= 0.6 is 11.6 Å². The van der Waals surface area contributed by atoms with Crippen LogP contribution < -0.4 is 0 Å². The van der Waals surface area contributed by atoms with E-state index in [1.54, 1.807) is 19.1 Å². The zero-order valence-corrected chi connectivity index (χ0v) is 9.87. The Kier molecular flexibility index (Phi) is 3.12. The van der Waals surface area contributed by atoms with Crippen LogP contribution in [-0.4, -0.2) is 9.78 Å². The highest BCUT2D eigenvalue weighted by Gasteiger charge is 2.14. The van der Waals surface area contributed by atoms with Crippen molar-refractivity contribution >= 4 is 11.6 Å². The minimum atomic E-state index is -0.353. The van der Waals surface area contributed by atoms with Gasteiger partial charge in [0.2, 0.25) is 0 Å². The van der Waals surface area contributed by atoms with Gasteiger partial charge in [0.1, 0.15) is 11.0 Å². The number of halogens is 2. The summed E-state index contributed by atoms with van der Waals surface area (Å²) >= 11 is 6.12. The normalized spacial score (nSPS) is 10.2. The van der Waals surface area contributed by atoms with E-state index in [4.69, 9.17) is 16.9 Å². The Balaban J connectivity index is 2.54. The second-order valence-electron chi connectivity index (χ2n) is 3.58. The van der Waals surface area contributed by atoms with E-state index in [9.17, 15) is 4.39 Å². The number of nitrogens with zero attached hydrogens (tertiary/aromatic N) is 3. The molecule has 0 radical (unpaired) electrons. The zero-order valence-electron chi connectivity index (χ0n) is 9.11. The lowest BCUT2D eigenvalue weighted by Gasteiger charge is -2.02. The van der Waals surface area contributed by atoms with Crippen molar-refractivity contribution in [2.24, 2.45) is 0 Å². The first-order valence-electron chi connectivity index (χ1n) is 5.00. The van der Waals surface area contributed by atoms with Gasteiger partial charge in [0.15, 0.2) is 0 Å². The molecule has 86 valence electrons. The monoisotopic (exact) mass is 249 g/mol. The van der Waals surface area contributed by atoms with Gasteiger partial charge in [-0.15, -0.1) is 0 Å². The van der Waals surface area contributed by atoms with Crippen LogP contribution in [0.15, 0.2) is 24.3 Å². The molecule has 2 rings (SSSR count). The summed E-state index contributed by atoms with van der Waals surface area (Å²) in [4.78, 5) is 0. The molecule has 0 bridgehead atoms. The van der Waals surface area contributed by atoms with Gasteiger partial charge in [0.05, 0.1) is 23.9 Å². The van der Waals surface area contributed by atoms with Crippen LogP contribution in [0.5, 0.6) is 0 Å². The van der Waals surface area contributed by atoms with Crippen molar-refractivity contribution in [3.05, 3.63) is 46.5 Å². The van der Waals surface area contributed by atoms with Gasteiger partial charge in [0.25, 0.3) is 0 Å². The Morgan fingerprint density at radius 3 is 2.94 bits per heavy atom. The second kappa shape index (κ2) is 4.56. The Morgan fingerprint density at radius 2 is 2.29 bits per heavy atom. The van der Waals surface area contributed by atoms with Crippen molar-refractivity contribution in [2.75, 3.05) is 0 Å². The maximum atomic E-state index is 13.1. The number of rotatable bonds is 2. The number of aromatic nitrogens is 2. The molecule has 1 heterocycles. The van der Waals surface area contributed by atoms with Gasteiger partial charge >= 0.3 is 0 Å². The number of hydrogen-bond acceptors (Lipinski definition) is 2. The topological polar surface area (TPSA) is 41.6 Å². The third-order valence-electron chi connectivity index (χ3n) is 2.43. The zero-order chi connectivity index (χ0) is 12.4. The Hall–Kier alpha value is -1.86. The van der Waals surface area contributed by atoms with Crippen molar-refractivity contribution in [1.29, 1.82) is 5.26 Å². The van der Waals surface area contributed by atoms with Crippen molar-refractivity contribution in [2.45, 2.75) is 13.3 Å². The molecule has 0 unspecified atom stereocenters. The molecule has 2 aromatic rings. The van der Waals surface area contributed by atoms with Crippen LogP contribution in [-0.2, 0) is 6.42 Å². The maximum absolute atomic E-state index is 13.1. The third kappa shape index (κ3) is 2.15. The van der Waals surface area contributed by atoms with Gasteiger partial charge in [-0.05, 0) is 25.1 Å². The summed E-state index contributed by atoms with van der Waals surface area (Å²) in [5.41, 5.74) is 1.90. The van der Waals surface area contributed by atoms with Crippen LogP contribution in [0.4, 0.5) is 4.39 Å². The summed E-state index contributed by atoms with van der Waals surface area (Å²) in [5, 5.41) is 13.3. The lowest BCUT2D eigenvalue weighted by atomic mass is 10.2. The van der Waals surface area contributed by atoms with E-state index >= 15 is 0 Å². The molecule has 0 aliphatic carbocycles. The van der Waals surface area contributed by atoms with Gasteiger partial charge in [-0.2, -0.15) is 10.4 Å². The third-order valence-corrected chi connectivity index (χ3v) is 2.82. The average Bonchev–Trinajstić information content (AvgIpc) is 2.57. The van der Waals surface area contributed by atoms with Crippen LogP contribution in [0.3, 0.4) is 0 Å². The number of aryl methyl sites for hydroxylation is 1. The summed E-state index contributed by atoms with van der Waals surface area (Å²) in [5.74, 6) is -0.353. The minimum Gasteiger partial charge on any atom is -0.222 e. The molecule has 0 fully saturated rings. The molecule has 0 saturated heterocycles. The fourth-order valence-corrected chi connectivity index (χ4v) is 1.93. The molecule has 0 aliphatic rings. The van der Waals surface area contributed by atoms with E-state index in [0.717, 1.165) is 0 Å². The molecular formula is C12H9ClFN3. The molecule has 0 spiro atoms. The van der Waals surface area contributed by atoms with Crippen LogP contribution in [0.25, 0.3) is 5.69 Å². The van der Waals surface area contributed by atoms with E-state index in [2.05, 4.69) is 5.10 Å². The molecule has 0 saturated carbocycles. The summed E-state index contributed by atoms with van der Waals surface area (Å²) in [6, 6.07) is 8.01. The van der Waals surface area contributed by atoms with Crippen LogP contribution in [0.1, 0.15) is 11.3 Å². The summed E-state index contributed by atoms with van der Waals surface area (Å²) in [7, 11) is 0. The summed E-state index contributed by atoms with van der Waals surface area (Å²) in [6.45, 7) is 1.77. The predicted octanol–water partition coefficient (Wildman–Crippen LogP) is 3.04. The van der Waals surface area contributed by atoms with E-state index < -0.39 is 0 Å². The first-order valence-corrected chi connectivity index (χ1v) is 5.38. The number of benzene rings is 1. The van der Waals surface area contributed by atoms with Gasteiger partial charge in [0, 0.05) is 5.56 Å². The molecule has 0 N–H and O–H groups in total. The standard InChI is InChI=1S/C12H9ClFN3/c1-8-11(5-6-15)12(13)17(16-8)10-4-2-3-9(14)7-10/h2-4,7H,5H2,1H3. The fourth-order valence-electron chi connectivity index (χ4n) is 1.59. The lowest BCUT2D eigenvalue weighted by Crippen LogP contribution is -1.97. The largest absolute Gasteiger partial charge is 0.222 e. The number of hydrogen-bond donors (Lipinski definition) is 0. The van der Waals surface area contributed by atoms with Crippen LogP contribution in [0.2, 0.25) is 5.15 Å². The van der Waals surface area contributed by atoms with E-state index in [0.29, 0.717) is 22.1 Å². The highest BCUT2D eigenvalue weighted by atomic mass is 35.5. The minimum absolute atomic E-state index is 0.194. The molecule has 5 heteroatoms. The van der Waals surface area contributed by atoms with Crippen LogP contribution in [0, 0.1) is 24.1 Å². The van der Waals surface area contributed by atoms with E-state index in [1.807, 2.05) is 6.07 Å². The molecule has 0 aliphatic heterocycles. The Morgan fingerprint density at radius 1 is 1.53 bits per heavy atom. The van der Waals surface area contributed by atoms with E-state index in [-0.39, 0.29) is 12.2 Å². The van der Waals surface area contributed by atoms with Gasteiger partial charge < -0.3 is 0 Å². The molecular weight excluding hydrogens is 241 g/mol. The fraction of sp³-hybridized carbons (Fsp3) is 0.167. The number of nitriles is 1. The first kappa shape index (κ1) is 11.6. The lowest BCUT2D eigenvalue weighted by molar-refractivity contribution is 0.625.